The number of halogens is 3. The van der Waals surface area contributed by atoms with Gasteiger partial charge >= 0.3 is 12.5 Å². The largest absolute Gasteiger partial charge is 0.573 e. The molecule has 1 atom stereocenters. The molecule has 11 heteroatoms. The van der Waals surface area contributed by atoms with Gasteiger partial charge in [0.25, 0.3) is 0 Å². The maximum atomic E-state index is 12.7. The van der Waals surface area contributed by atoms with Crippen LogP contribution in [0.5, 0.6) is 11.5 Å². The number of hydrogen-bond donors (Lipinski definition) is 0. The first-order valence-corrected chi connectivity index (χ1v) is 12.4. The molecule has 0 spiro atoms. The fraction of sp³-hybridized carbons (Fsp3) is 0.481. The Morgan fingerprint density at radius 1 is 1.13 bits per heavy atom. The van der Waals surface area contributed by atoms with Crippen molar-refractivity contribution in [1.82, 2.24) is 14.5 Å². The van der Waals surface area contributed by atoms with Crippen molar-refractivity contribution in [2.75, 3.05) is 40.5 Å². The number of alkyl halides is 3. The highest BCUT2D eigenvalue weighted by Crippen LogP contribution is 2.37. The Kier molecular flexibility index (Phi) is 9.48. The second-order valence-corrected chi connectivity index (χ2v) is 8.86. The smallest absolute Gasteiger partial charge is 0.496 e. The molecule has 0 N–H and O–H groups in total. The molecule has 0 saturated carbocycles. The van der Waals surface area contributed by atoms with Gasteiger partial charge in [0, 0.05) is 38.0 Å². The number of aromatic nitrogens is 2. The summed E-state index contributed by atoms with van der Waals surface area (Å²) in [4.78, 5) is 19.0. The van der Waals surface area contributed by atoms with Gasteiger partial charge in [-0.05, 0) is 56.5 Å². The lowest BCUT2D eigenvalue weighted by Gasteiger charge is -2.23. The van der Waals surface area contributed by atoms with E-state index in [-0.39, 0.29) is 24.1 Å². The highest BCUT2D eigenvalue weighted by Gasteiger charge is 2.31. The monoisotopic (exact) mass is 537 g/mol. The first kappa shape index (κ1) is 29.1. The fourth-order valence-corrected chi connectivity index (χ4v) is 4.30. The number of carbonyl (C=O) groups is 1. The van der Waals surface area contributed by atoms with Crippen LogP contribution in [0.1, 0.15) is 37.4 Å². The van der Waals surface area contributed by atoms with E-state index in [1.165, 1.54) is 25.3 Å². The van der Waals surface area contributed by atoms with E-state index >= 15 is 0 Å². The van der Waals surface area contributed by atoms with Gasteiger partial charge in [0.1, 0.15) is 18.1 Å². The number of methoxy groups -OCH3 is 2. The molecule has 1 aromatic carbocycles. The van der Waals surface area contributed by atoms with Crippen LogP contribution in [-0.2, 0) is 9.47 Å². The quantitative estimate of drug-likeness (QED) is 0.287. The number of aryl methyl sites for hydroxylation is 2. The van der Waals surface area contributed by atoms with Crippen molar-refractivity contribution < 1.29 is 36.9 Å². The molecule has 0 aliphatic carbocycles. The van der Waals surface area contributed by atoms with Crippen molar-refractivity contribution >= 4 is 17.1 Å². The Morgan fingerprint density at radius 3 is 2.47 bits per heavy atom. The first-order valence-electron chi connectivity index (χ1n) is 12.4. The fourth-order valence-electron chi connectivity index (χ4n) is 4.30. The minimum Gasteiger partial charge on any atom is -0.496 e. The zero-order chi connectivity index (χ0) is 28.0. The lowest BCUT2D eigenvalue weighted by molar-refractivity contribution is -0.274. The molecule has 1 amide bonds. The Labute approximate surface area is 220 Å². The van der Waals surface area contributed by atoms with Gasteiger partial charge in [0.05, 0.1) is 36.5 Å². The summed E-state index contributed by atoms with van der Waals surface area (Å²) in [5.74, 6) is -0.158. The van der Waals surface area contributed by atoms with Gasteiger partial charge in [0.15, 0.2) is 0 Å². The van der Waals surface area contributed by atoms with E-state index in [9.17, 15) is 18.0 Å². The second kappa shape index (κ2) is 12.4. The van der Waals surface area contributed by atoms with Crippen molar-refractivity contribution in [1.29, 1.82) is 0 Å². The van der Waals surface area contributed by atoms with E-state index in [1.807, 2.05) is 40.0 Å². The molecule has 0 aliphatic heterocycles. The van der Waals surface area contributed by atoms with Crippen molar-refractivity contribution in [3.05, 3.63) is 41.6 Å². The predicted octanol–water partition coefficient (Wildman–Crippen LogP) is 6.28. The van der Waals surface area contributed by atoms with Crippen LogP contribution in [0.2, 0.25) is 0 Å². The summed E-state index contributed by atoms with van der Waals surface area (Å²) in [6, 6.07) is 5.80. The van der Waals surface area contributed by atoms with Gasteiger partial charge < -0.3 is 28.4 Å². The molecule has 0 bridgehead atoms. The van der Waals surface area contributed by atoms with Crippen LogP contribution in [0.15, 0.2) is 30.5 Å². The van der Waals surface area contributed by atoms with Gasteiger partial charge in [-0.25, -0.2) is 9.78 Å². The molecule has 0 unspecified atom stereocenters. The molecule has 38 heavy (non-hydrogen) atoms. The third kappa shape index (κ3) is 6.69. The zero-order valence-electron chi connectivity index (χ0n) is 22.5. The second-order valence-electron chi connectivity index (χ2n) is 8.86. The molecule has 0 aliphatic rings. The Hall–Kier alpha value is -3.47. The van der Waals surface area contributed by atoms with E-state index in [4.69, 9.17) is 19.2 Å². The lowest BCUT2D eigenvalue weighted by Crippen LogP contribution is -2.35. The third-order valence-electron chi connectivity index (χ3n) is 6.31. The number of ether oxygens (including phenoxy) is 4. The number of amides is 1. The summed E-state index contributed by atoms with van der Waals surface area (Å²) >= 11 is 0. The molecule has 3 rings (SSSR count). The molecule has 3 aromatic rings. The predicted molar refractivity (Wildman–Crippen MR) is 138 cm³/mol. The minimum absolute atomic E-state index is 0.114. The number of hydrogen-bond acceptors (Lipinski definition) is 6. The number of benzene rings is 1. The lowest BCUT2D eigenvalue weighted by atomic mass is 10.0. The average Bonchev–Trinajstić information content (AvgIpc) is 3.18. The summed E-state index contributed by atoms with van der Waals surface area (Å²) in [5, 5.41) is 0. The van der Waals surface area contributed by atoms with Crippen molar-refractivity contribution in [3.8, 4) is 22.8 Å². The van der Waals surface area contributed by atoms with E-state index < -0.39 is 12.5 Å². The first-order chi connectivity index (χ1) is 18.0. The van der Waals surface area contributed by atoms with Crippen molar-refractivity contribution in [2.24, 2.45) is 0 Å². The molecular weight excluding hydrogens is 503 g/mol. The summed E-state index contributed by atoms with van der Waals surface area (Å²) in [5.41, 5.74) is 4.47. The maximum absolute atomic E-state index is 12.7. The van der Waals surface area contributed by atoms with Crippen LogP contribution < -0.4 is 9.47 Å². The maximum Gasteiger partial charge on any atom is 0.573 e. The summed E-state index contributed by atoms with van der Waals surface area (Å²) in [6.07, 6.45) is -2.50. The topological polar surface area (TPSA) is 75.0 Å². The van der Waals surface area contributed by atoms with Gasteiger partial charge in [-0.2, -0.15) is 0 Å². The number of pyridine rings is 1. The van der Waals surface area contributed by atoms with Gasteiger partial charge in [0.2, 0.25) is 0 Å². The van der Waals surface area contributed by atoms with Crippen LogP contribution in [0.3, 0.4) is 0 Å². The van der Waals surface area contributed by atoms with E-state index in [1.54, 1.807) is 12.0 Å². The molecule has 8 nitrogen and oxygen atoms in total. The van der Waals surface area contributed by atoms with Crippen LogP contribution in [-0.4, -0.2) is 67.4 Å². The van der Waals surface area contributed by atoms with Crippen LogP contribution in [0.4, 0.5) is 18.0 Å². The number of carbonyl (C=O) groups excluding carboxylic acids is 1. The van der Waals surface area contributed by atoms with Crippen molar-refractivity contribution in [2.45, 2.75) is 46.5 Å². The molecule has 2 aromatic heterocycles. The normalized spacial score (nSPS) is 12.4. The van der Waals surface area contributed by atoms with Gasteiger partial charge in [-0.1, -0.05) is 6.92 Å². The standard InChI is InChI=1S/C27H34F3N3O5/c1-7-19(16-37-26(34)32(8-2)11-12-35-5)33-15-18(4)25-22(33)13-17(3)24(31-25)21-10-9-20(14-23(21)36-6)38-27(28,29)30/h9-10,13-15,19H,7-8,11-12,16H2,1-6H3/t19-/m0/s1. The average molecular weight is 538 g/mol. The summed E-state index contributed by atoms with van der Waals surface area (Å²) in [7, 11) is 2.97. The molecule has 0 saturated heterocycles. The molecule has 208 valence electrons. The minimum atomic E-state index is -4.80. The molecule has 0 radical (unpaired) electrons. The third-order valence-corrected chi connectivity index (χ3v) is 6.31. The molecule has 0 fully saturated rings. The van der Waals surface area contributed by atoms with E-state index in [2.05, 4.69) is 9.30 Å². The van der Waals surface area contributed by atoms with E-state index in [0.717, 1.165) is 28.6 Å². The Morgan fingerprint density at radius 2 is 1.87 bits per heavy atom. The number of rotatable bonds is 11. The Bertz CT molecular complexity index is 1260. The van der Waals surface area contributed by atoms with Crippen molar-refractivity contribution in [3.63, 3.8) is 0 Å². The SMILES string of the molecule is CC[C@@H](COC(=O)N(CC)CCOC)n1cc(C)c2nc(-c3ccc(OC(F)(F)F)cc3OC)c(C)cc21. The number of likely N-dealkylation sites (N-methyl/N-ethyl adjacent to an activating group) is 1. The van der Waals surface area contributed by atoms with Crippen LogP contribution in [0, 0.1) is 13.8 Å². The van der Waals surface area contributed by atoms with E-state index in [0.29, 0.717) is 31.0 Å². The Balaban J connectivity index is 1.92. The summed E-state index contributed by atoms with van der Waals surface area (Å²) < 4.78 is 60.2. The number of fused-ring (bicyclic) bond motifs is 1. The zero-order valence-corrected chi connectivity index (χ0v) is 22.5. The van der Waals surface area contributed by atoms with Crippen LogP contribution >= 0.6 is 0 Å². The highest BCUT2D eigenvalue weighted by molar-refractivity contribution is 5.85. The van der Waals surface area contributed by atoms with Crippen LogP contribution in [0.25, 0.3) is 22.3 Å². The van der Waals surface area contributed by atoms with Gasteiger partial charge in [-0.3, -0.25) is 0 Å². The van der Waals surface area contributed by atoms with Gasteiger partial charge in [-0.15, -0.1) is 13.2 Å². The summed E-state index contributed by atoms with van der Waals surface area (Å²) in [6.45, 7) is 9.31. The number of nitrogens with zero attached hydrogens (tertiary/aromatic N) is 3. The highest BCUT2D eigenvalue weighted by atomic mass is 19.4. The molecular formula is C27H34F3N3O5. The molecule has 2 heterocycles.